The SMILES string of the molecule is C=CC[C@@H]1C[C@@H](C)C(=O)C=C1C. The van der Waals surface area contributed by atoms with Crippen molar-refractivity contribution in [1.29, 1.82) is 0 Å². The molecule has 2 atom stereocenters. The summed E-state index contributed by atoms with van der Waals surface area (Å²) in [7, 11) is 0. The van der Waals surface area contributed by atoms with Crippen molar-refractivity contribution < 1.29 is 4.79 Å². The summed E-state index contributed by atoms with van der Waals surface area (Å²) in [6, 6.07) is 0. The molecule has 0 heterocycles. The molecule has 0 aromatic heterocycles. The topological polar surface area (TPSA) is 17.1 Å². The van der Waals surface area contributed by atoms with Gasteiger partial charge in [0.25, 0.3) is 0 Å². The van der Waals surface area contributed by atoms with Gasteiger partial charge in [-0.15, -0.1) is 6.58 Å². The molecular weight excluding hydrogens is 148 g/mol. The molecule has 0 bridgehead atoms. The number of hydrogen-bond acceptors (Lipinski definition) is 1. The van der Waals surface area contributed by atoms with Crippen LogP contribution in [0, 0.1) is 11.8 Å². The van der Waals surface area contributed by atoms with Crippen LogP contribution in [0.25, 0.3) is 0 Å². The standard InChI is InChI=1S/C11H16O/c1-4-5-10-6-9(3)11(12)7-8(10)2/h4,7,9-10H,1,5-6H2,2-3H3/t9-,10-/m1/s1. The van der Waals surface area contributed by atoms with Gasteiger partial charge in [0.05, 0.1) is 0 Å². The van der Waals surface area contributed by atoms with Gasteiger partial charge < -0.3 is 0 Å². The third-order valence-corrected chi connectivity index (χ3v) is 2.59. The predicted molar refractivity (Wildman–Crippen MR) is 50.8 cm³/mol. The van der Waals surface area contributed by atoms with Crippen LogP contribution >= 0.6 is 0 Å². The zero-order chi connectivity index (χ0) is 9.14. The van der Waals surface area contributed by atoms with E-state index in [4.69, 9.17) is 0 Å². The molecular formula is C11H16O. The van der Waals surface area contributed by atoms with Crippen molar-refractivity contribution >= 4 is 5.78 Å². The second-order valence-corrected chi connectivity index (χ2v) is 3.65. The maximum absolute atomic E-state index is 11.3. The van der Waals surface area contributed by atoms with E-state index in [-0.39, 0.29) is 11.7 Å². The van der Waals surface area contributed by atoms with Gasteiger partial charge in [-0.1, -0.05) is 18.6 Å². The highest BCUT2D eigenvalue weighted by molar-refractivity contribution is 5.93. The van der Waals surface area contributed by atoms with E-state index >= 15 is 0 Å². The Morgan fingerprint density at radius 2 is 2.42 bits per heavy atom. The Bertz CT molecular complexity index is 225. The lowest BCUT2D eigenvalue weighted by atomic mass is 9.80. The van der Waals surface area contributed by atoms with E-state index in [0.717, 1.165) is 12.8 Å². The second-order valence-electron chi connectivity index (χ2n) is 3.65. The van der Waals surface area contributed by atoms with Crippen LogP contribution in [0.3, 0.4) is 0 Å². The van der Waals surface area contributed by atoms with Gasteiger partial charge in [-0.25, -0.2) is 0 Å². The van der Waals surface area contributed by atoms with Crippen LogP contribution < -0.4 is 0 Å². The van der Waals surface area contributed by atoms with Crippen molar-refractivity contribution in [2.75, 3.05) is 0 Å². The molecule has 0 fully saturated rings. The van der Waals surface area contributed by atoms with Crippen LogP contribution in [0.2, 0.25) is 0 Å². The lowest BCUT2D eigenvalue weighted by Gasteiger charge is -2.24. The Labute approximate surface area is 74.2 Å². The Morgan fingerprint density at radius 1 is 1.75 bits per heavy atom. The Hall–Kier alpha value is -0.850. The Balaban J connectivity index is 2.73. The van der Waals surface area contributed by atoms with E-state index in [1.54, 1.807) is 6.08 Å². The van der Waals surface area contributed by atoms with Crippen LogP contribution in [0.15, 0.2) is 24.3 Å². The van der Waals surface area contributed by atoms with E-state index in [1.165, 1.54) is 5.57 Å². The fraction of sp³-hybridized carbons (Fsp3) is 0.545. The molecule has 0 radical (unpaired) electrons. The molecule has 0 amide bonds. The van der Waals surface area contributed by atoms with E-state index in [1.807, 2.05) is 19.9 Å². The van der Waals surface area contributed by atoms with Crippen molar-refractivity contribution in [1.82, 2.24) is 0 Å². The van der Waals surface area contributed by atoms with Crippen LogP contribution in [0.1, 0.15) is 26.7 Å². The maximum Gasteiger partial charge on any atom is 0.158 e. The highest BCUT2D eigenvalue weighted by Crippen LogP contribution is 2.29. The number of carbonyl (C=O) groups excluding carboxylic acids is 1. The molecule has 0 unspecified atom stereocenters. The molecule has 1 nitrogen and oxygen atoms in total. The molecule has 1 aliphatic carbocycles. The number of ketones is 1. The van der Waals surface area contributed by atoms with Gasteiger partial charge >= 0.3 is 0 Å². The molecule has 0 saturated heterocycles. The minimum Gasteiger partial charge on any atom is -0.295 e. The van der Waals surface area contributed by atoms with Gasteiger partial charge in [0.15, 0.2) is 5.78 Å². The van der Waals surface area contributed by atoms with Crippen molar-refractivity contribution in [2.45, 2.75) is 26.7 Å². The van der Waals surface area contributed by atoms with Crippen molar-refractivity contribution in [3.05, 3.63) is 24.3 Å². The average molecular weight is 164 g/mol. The first-order valence-electron chi connectivity index (χ1n) is 4.48. The van der Waals surface area contributed by atoms with E-state index < -0.39 is 0 Å². The summed E-state index contributed by atoms with van der Waals surface area (Å²) >= 11 is 0. The minimum atomic E-state index is 0.207. The number of rotatable bonds is 2. The summed E-state index contributed by atoms with van der Waals surface area (Å²) in [5, 5.41) is 0. The quantitative estimate of drug-likeness (QED) is 0.573. The molecule has 1 heteroatoms. The molecule has 66 valence electrons. The molecule has 1 aliphatic rings. The normalized spacial score (nSPS) is 29.8. The molecule has 0 N–H and O–H groups in total. The van der Waals surface area contributed by atoms with Crippen LogP contribution in [0.5, 0.6) is 0 Å². The molecule has 0 aliphatic heterocycles. The van der Waals surface area contributed by atoms with Gasteiger partial charge in [-0.2, -0.15) is 0 Å². The maximum atomic E-state index is 11.3. The van der Waals surface area contributed by atoms with Gasteiger partial charge in [0.2, 0.25) is 0 Å². The highest BCUT2D eigenvalue weighted by Gasteiger charge is 2.23. The first-order chi connectivity index (χ1) is 5.65. The van der Waals surface area contributed by atoms with E-state index in [0.29, 0.717) is 5.92 Å². The van der Waals surface area contributed by atoms with Crippen molar-refractivity contribution in [3.63, 3.8) is 0 Å². The number of hydrogen-bond donors (Lipinski definition) is 0. The van der Waals surface area contributed by atoms with Crippen molar-refractivity contribution in [2.24, 2.45) is 11.8 Å². The largest absolute Gasteiger partial charge is 0.295 e. The molecule has 0 aromatic carbocycles. The molecule has 0 saturated carbocycles. The second kappa shape index (κ2) is 3.70. The van der Waals surface area contributed by atoms with Crippen molar-refractivity contribution in [3.8, 4) is 0 Å². The van der Waals surface area contributed by atoms with Gasteiger partial charge in [-0.3, -0.25) is 4.79 Å². The van der Waals surface area contributed by atoms with E-state index in [9.17, 15) is 4.79 Å². The summed E-state index contributed by atoms with van der Waals surface area (Å²) in [5.41, 5.74) is 1.22. The first kappa shape index (κ1) is 9.24. The third kappa shape index (κ3) is 1.84. The molecule has 12 heavy (non-hydrogen) atoms. The van der Waals surface area contributed by atoms with Gasteiger partial charge in [-0.05, 0) is 31.8 Å². The highest BCUT2D eigenvalue weighted by atomic mass is 16.1. The molecule has 0 aromatic rings. The summed E-state index contributed by atoms with van der Waals surface area (Å²) in [4.78, 5) is 11.3. The summed E-state index contributed by atoms with van der Waals surface area (Å²) in [6.45, 7) is 7.76. The Kier molecular flexibility index (Phi) is 2.85. The Morgan fingerprint density at radius 3 is 3.00 bits per heavy atom. The number of carbonyl (C=O) groups is 1. The minimum absolute atomic E-state index is 0.207. The smallest absolute Gasteiger partial charge is 0.158 e. The fourth-order valence-electron chi connectivity index (χ4n) is 1.70. The zero-order valence-electron chi connectivity index (χ0n) is 7.84. The predicted octanol–water partition coefficient (Wildman–Crippen LogP) is 2.73. The lowest BCUT2D eigenvalue weighted by Crippen LogP contribution is -2.20. The zero-order valence-corrected chi connectivity index (χ0v) is 7.84. The van der Waals surface area contributed by atoms with Crippen LogP contribution in [-0.2, 0) is 4.79 Å². The van der Waals surface area contributed by atoms with Gasteiger partial charge in [0.1, 0.15) is 0 Å². The molecule has 0 spiro atoms. The molecule has 1 rings (SSSR count). The average Bonchev–Trinajstić information content (AvgIpc) is 2.01. The monoisotopic (exact) mass is 164 g/mol. The van der Waals surface area contributed by atoms with Crippen LogP contribution in [-0.4, -0.2) is 5.78 Å². The fourth-order valence-corrected chi connectivity index (χ4v) is 1.70. The summed E-state index contributed by atoms with van der Waals surface area (Å²) in [6.07, 6.45) is 5.72. The first-order valence-corrected chi connectivity index (χ1v) is 4.48. The van der Waals surface area contributed by atoms with E-state index in [2.05, 4.69) is 6.58 Å². The van der Waals surface area contributed by atoms with Crippen LogP contribution in [0.4, 0.5) is 0 Å². The third-order valence-electron chi connectivity index (χ3n) is 2.59. The summed E-state index contributed by atoms with van der Waals surface area (Å²) < 4.78 is 0. The lowest BCUT2D eigenvalue weighted by molar-refractivity contribution is -0.118. The summed E-state index contributed by atoms with van der Waals surface area (Å²) in [5.74, 6) is 1.04. The van der Waals surface area contributed by atoms with Gasteiger partial charge in [0, 0.05) is 5.92 Å². The number of allylic oxidation sites excluding steroid dienone is 3.